The summed E-state index contributed by atoms with van der Waals surface area (Å²) in [5, 5.41) is 3.49. The van der Waals surface area contributed by atoms with Crippen molar-refractivity contribution < 1.29 is 4.79 Å². The Bertz CT molecular complexity index is 986. The molecule has 154 valence electrons. The third kappa shape index (κ3) is 4.70. The van der Waals surface area contributed by atoms with E-state index >= 15 is 0 Å². The summed E-state index contributed by atoms with van der Waals surface area (Å²) in [7, 11) is 0. The van der Waals surface area contributed by atoms with Crippen molar-refractivity contribution in [3.05, 3.63) is 83.6 Å². The van der Waals surface area contributed by atoms with E-state index < -0.39 is 0 Å². The van der Waals surface area contributed by atoms with Crippen molar-refractivity contribution >= 4 is 23.0 Å². The summed E-state index contributed by atoms with van der Waals surface area (Å²) >= 11 is 0. The second-order valence-electron chi connectivity index (χ2n) is 7.91. The quantitative estimate of drug-likeness (QED) is 0.461. The molecule has 1 aliphatic rings. The van der Waals surface area contributed by atoms with Crippen molar-refractivity contribution in [2.45, 2.75) is 45.6 Å². The summed E-state index contributed by atoms with van der Waals surface area (Å²) in [5.74, 6) is 1.02. The highest BCUT2D eigenvalue weighted by Crippen LogP contribution is 2.38. The van der Waals surface area contributed by atoms with E-state index in [2.05, 4.69) is 58.5 Å². The van der Waals surface area contributed by atoms with Crippen molar-refractivity contribution in [1.82, 2.24) is 4.98 Å². The van der Waals surface area contributed by atoms with Crippen LogP contribution in [-0.4, -0.2) is 17.3 Å². The number of hydrogen-bond acceptors (Lipinski definition) is 4. The Morgan fingerprint density at radius 1 is 1.10 bits per heavy atom. The van der Waals surface area contributed by atoms with Gasteiger partial charge in [0.2, 0.25) is 0 Å². The third-order valence-electron chi connectivity index (χ3n) is 5.60. The molecule has 0 radical (unpaired) electrons. The lowest BCUT2D eigenvalue weighted by Gasteiger charge is -2.34. The van der Waals surface area contributed by atoms with E-state index in [1.54, 1.807) is 6.20 Å². The van der Waals surface area contributed by atoms with Crippen LogP contribution in [-0.2, 0) is 13.0 Å². The van der Waals surface area contributed by atoms with E-state index in [4.69, 9.17) is 0 Å². The number of nitrogens with zero attached hydrogens (tertiary/aromatic N) is 2. The highest BCUT2D eigenvalue weighted by Gasteiger charge is 2.23. The van der Waals surface area contributed by atoms with E-state index in [0.717, 1.165) is 55.8 Å². The van der Waals surface area contributed by atoms with E-state index in [1.165, 1.54) is 16.8 Å². The van der Waals surface area contributed by atoms with Gasteiger partial charge in [-0.05, 0) is 54.7 Å². The second-order valence-corrected chi connectivity index (χ2v) is 7.91. The Labute approximate surface area is 179 Å². The van der Waals surface area contributed by atoms with Gasteiger partial charge < -0.3 is 10.2 Å². The number of aryl methyl sites for hydroxylation is 1. The van der Waals surface area contributed by atoms with E-state index in [9.17, 15) is 4.79 Å². The van der Waals surface area contributed by atoms with Crippen LogP contribution in [0.25, 0.3) is 0 Å². The first-order valence-electron chi connectivity index (χ1n) is 10.9. The molecule has 0 amide bonds. The second kappa shape index (κ2) is 9.57. The number of ketones is 1. The molecule has 4 rings (SSSR count). The lowest BCUT2D eigenvalue weighted by molar-refractivity contribution is 0.0979. The topological polar surface area (TPSA) is 45.2 Å². The first kappa shape index (κ1) is 20.1. The molecule has 30 heavy (non-hydrogen) atoms. The van der Waals surface area contributed by atoms with Gasteiger partial charge >= 0.3 is 0 Å². The fourth-order valence-corrected chi connectivity index (χ4v) is 4.11. The molecule has 0 saturated heterocycles. The molecule has 1 N–H and O–H groups in total. The average Bonchev–Trinajstić information content (AvgIpc) is 2.78. The average molecular weight is 400 g/mol. The fraction of sp³-hybridized carbons (Fsp3) is 0.308. The molecular formula is C26H29N3O. The van der Waals surface area contributed by atoms with E-state index in [1.807, 2.05) is 24.3 Å². The van der Waals surface area contributed by atoms with Crippen LogP contribution in [0.3, 0.4) is 0 Å². The molecule has 2 heterocycles. The monoisotopic (exact) mass is 399 g/mol. The van der Waals surface area contributed by atoms with Gasteiger partial charge in [-0.25, -0.2) is 4.98 Å². The van der Waals surface area contributed by atoms with Crippen LogP contribution in [0.2, 0.25) is 0 Å². The first-order valence-corrected chi connectivity index (χ1v) is 10.9. The largest absolute Gasteiger partial charge is 0.365 e. The summed E-state index contributed by atoms with van der Waals surface area (Å²) in [6, 6.07) is 20.5. The zero-order chi connectivity index (χ0) is 20.8. The van der Waals surface area contributed by atoms with Crippen molar-refractivity contribution in [2.24, 2.45) is 0 Å². The molecule has 4 nitrogen and oxygen atoms in total. The fourth-order valence-electron chi connectivity index (χ4n) is 4.11. The van der Waals surface area contributed by atoms with Gasteiger partial charge in [-0.2, -0.15) is 0 Å². The summed E-state index contributed by atoms with van der Waals surface area (Å²) < 4.78 is 0. The highest BCUT2D eigenvalue weighted by atomic mass is 16.1. The minimum Gasteiger partial charge on any atom is -0.365 e. The molecule has 1 aromatic heterocycles. The van der Waals surface area contributed by atoms with E-state index in [0.29, 0.717) is 6.42 Å². The van der Waals surface area contributed by atoms with Gasteiger partial charge in [-0.3, -0.25) is 4.79 Å². The van der Waals surface area contributed by atoms with Crippen LogP contribution < -0.4 is 10.2 Å². The Hall–Kier alpha value is -3.14. The lowest BCUT2D eigenvalue weighted by atomic mass is 9.94. The maximum absolute atomic E-state index is 12.8. The maximum Gasteiger partial charge on any atom is 0.162 e. The Morgan fingerprint density at radius 2 is 1.93 bits per heavy atom. The maximum atomic E-state index is 12.8. The van der Waals surface area contributed by atoms with Gasteiger partial charge in [-0.15, -0.1) is 0 Å². The Balaban J connectivity index is 1.73. The van der Waals surface area contributed by atoms with Gasteiger partial charge in [0.15, 0.2) is 5.78 Å². The number of hydrogen-bond donors (Lipinski definition) is 1. The number of anilines is 3. The standard InChI is InChI=1S/C26H29N3O/c1-2-3-13-24(30)22-17-21-12-9-16-29(19-20-10-5-4-6-11-20)26(21)23(18-22)28-25-14-7-8-15-27-25/h4-8,10-11,14-15,17-18H,2-3,9,12-13,16,19H2,1H3,(H,27,28). The van der Waals surface area contributed by atoms with Gasteiger partial charge in [-0.1, -0.05) is 49.7 Å². The number of pyridine rings is 1. The number of nitrogens with one attached hydrogen (secondary N) is 1. The van der Waals surface area contributed by atoms with Gasteiger partial charge in [0.1, 0.15) is 5.82 Å². The number of benzene rings is 2. The van der Waals surface area contributed by atoms with E-state index in [-0.39, 0.29) is 5.78 Å². The van der Waals surface area contributed by atoms with Crippen LogP contribution >= 0.6 is 0 Å². The number of carbonyl (C=O) groups excluding carboxylic acids is 1. The molecule has 2 aromatic carbocycles. The normalized spacial score (nSPS) is 13.0. The number of rotatable bonds is 8. The van der Waals surface area contributed by atoms with Crippen LogP contribution in [0.5, 0.6) is 0 Å². The molecular weight excluding hydrogens is 370 g/mol. The molecule has 4 heteroatoms. The summed E-state index contributed by atoms with van der Waals surface area (Å²) in [5.41, 5.74) is 5.52. The molecule has 0 aliphatic carbocycles. The first-order chi connectivity index (χ1) is 14.7. The highest BCUT2D eigenvalue weighted by molar-refractivity contribution is 5.99. The SMILES string of the molecule is CCCCC(=O)c1cc2c(c(Nc3ccccn3)c1)N(Cc1ccccc1)CCC2. The predicted octanol–water partition coefficient (Wildman–Crippen LogP) is 6.15. The summed E-state index contributed by atoms with van der Waals surface area (Å²) in [6.07, 6.45) is 6.43. The van der Waals surface area contributed by atoms with Gasteiger partial charge in [0.05, 0.1) is 11.4 Å². The van der Waals surface area contributed by atoms with Gasteiger partial charge in [0, 0.05) is 31.3 Å². The Kier molecular flexibility index (Phi) is 6.43. The molecule has 3 aromatic rings. The number of carbonyl (C=O) groups is 1. The molecule has 0 fully saturated rings. The van der Waals surface area contributed by atoms with Crippen LogP contribution in [0.15, 0.2) is 66.9 Å². The van der Waals surface area contributed by atoms with Gasteiger partial charge in [0.25, 0.3) is 0 Å². The van der Waals surface area contributed by atoms with Crippen LogP contribution in [0.1, 0.15) is 54.1 Å². The molecule has 0 bridgehead atoms. The summed E-state index contributed by atoms with van der Waals surface area (Å²) in [6.45, 7) is 3.98. The number of aromatic nitrogens is 1. The number of Topliss-reactive ketones (excluding diaryl/α,β-unsaturated/α-hetero) is 1. The molecule has 0 atom stereocenters. The smallest absolute Gasteiger partial charge is 0.162 e. The summed E-state index contributed by atoms with van der Waals surface area (Å²) in [4.78, 5) is 19.7. The molecule has 0 spiro atoms. The predicted molar refractivity (Wildman–Crippen MR) is 124 cm³/mol. The van der Waals surface area contributed by atoms with Crippen LogP contribution in [0.4, 0.5) is 17.2 Å². The van der Waals surface area contributed by atoms with Crippen LogP contribution in [0, 0.1) is 0 Å². The minimum absolute atomic E-state index is 0.226. The minimum atomic E-state index is 0.226. The number of fused-ring (bicyclic) bond motifs is 1. The zero-order valence-corrected chi connectivity index (χ0v) is 17.6. The number of unbranched alkanes of at least 4 members (excludes halogenated alkanes) is 1. The van der Waals surface area contributed by atoms with Crippen molar-refractivity contribution in [3.8, 4) is 0 Å². The zero-order valence-electron chi connectivity index (χ0n) is 17.6. The lowest BCUT2D eigenvalue weighted by Crippen LogP contribution is -2.30. The van der Waals surface area contributed by atoms with Crippen molar-refractivity contribution in [3.63, 3.8) is 0 Å². The van der Waals surface area contributed by atoms with Crippen molar-refractivity contribution in [1.29, 1.82) is 0 Å². The molecule has 0 saturated carbocycles. The Morgan fingerprint density at radius 3 is 2.70 bits per heavy atom. The molecule has 0 unspecified atom stereocenters. The third-order valence-corrected chi connectivity index (χ3v) is 5.60. The van der Waals surface area contributed by atoms with Crippen molar-refractivity contribution in [2.75, 3.05) is 16.8 Å². The molecule has 1 aliphatic heterocycles.